The zero-order valence-electron chi connectivity index (χ0n) is 10.7. The van der Waals surface area contributed by atoms with Crippen molar-refractivity contribution in [3.05, 3.63) is 28.8 Å². The maximum Gasteiger partial charge on any atom is 0.123 e. The van der Waals surface area contributed by atoms with Crippen LogP contribution in [0.2, 0.25) is 5.02 Å². The van der Waals surface area contributed by atoms with E-state index in [1.165, 1.54) is 0 Å². The van der Waals surface area contributed by atoms with Gasteiger partial charge >= 0.3 is 0 Å². The third kappa shape index (κ3) is 4.54. The van der Waals surface area contributed by atoms with Crippen LogP contribution in [-0.4, -0.2) is 32.1 Å². The minimum Gasteiger partial charge on any atom is -0.496 e. The van der Waals surface area contributed by atoms with E-state index < -0.39 is 0 Å². The maximum atomic E-state index is 6.00. The Balaban J connectivity index is 2.69. The number of nitrogens with zero attached hydrogens (tertiary/aromatic N) is 1. The zero-order chi connectivity index (χ0) is 12.8. The number of methoxy groups -OCH3 is 1. The van der Waals surface area contributed by atoms with Crippen LogP contribution >= 0.6 is 11.6 Å². The van der Waals surface area contributed by atoms with Crippen molar-refractivity contribution in [3.8, 4) is 5.75 Å². The van der Waals surface area contributed by atoms with E-state index in [9.17, 15) is 0 Å². The van der Waals surface area contributed by atoms with E-state index in [4.69, 9.17) is 22.1 Å². The number of halogens is 1. The monoisotopic (exact) mass is 256 g/mol. The van der Waals surface area contributed by atoms with Gasteiger partial charge in [-0.3, -0.25) is 0 Å². The first kappa shape index (κ1) is 14.3. The predicted molar refractivity (Wildman–Crippen MR) is 72.6 cm³/mol. The lowest BCUT2D eigenvalue weighted by molar-refractivity contribution is 0.277. The molecule has 0 saturated heterocycles. The highest BCUT2D eigenvalue weighted by molar-refractivity contribution is 6.30. The summed E-state index contributed by atoms with van der Waals surface area (Å²) in [5.74, 6) is 1.37. The molecular formula is C13H21ClN2O. The lowest BCUT2D eigenvalue weighted by Crippen LogP contribution is -2.28. The molecular weight excluding hydrogens is 236 g/mol. The molecule has 0 bridgehead atoms. The highest BCUT2D eigenvalue weighted by atomic mass is 35.5. The van der Waals surface area contributed by atoms with Gasteiger partial charge in [0.2, 0.25) is 0 Å². The molecule has 0 saturated carbocycles. The minimum absolute atomic E-state index is 0.491. The van der Waals surface area contributed by atoms with Crippen LogP contribution in [0.3, 0.4) is 0 Å². The first-order valence-electron chi connectivity index (χ1n) is 5.77. The predicted octanol–water partition coefficient (Wildman–Crippen LogP) is 2.38. The van der Waals surface area contributed by atoms with Crippen molar-refractivity contribution < 1.29 is 4.74 Å². The summed E-state index contributed by atoms with van der Waals surface area (Å²) >= 11 is 6.00. The third-order valence-corrected chi connectivity index (χ3v) is 2.94. The standard InChI is InChI=1S/C13H21ClN2O/c1-10(7-15)8-16(2)9-11-6-12(14)4-5-13(11)17-3/h4-6,10H,7-9,15H2,1-3H3. The molecule has 0 fully saturated rings. The lowest BCUT2D eigenvalue weighted by Gasteiger charge is -2.21. The summed E-state index contributed by atoms with van der Waals surface area (Å²) in [5, 5.41) is 0.737. The third-order valence-electron chi connectivity index (χ3n) is 2.71. The molecule has 17 heavy (non-hydrogen) atoms. The van der Waals surface area contributed by atoms with Crippen LogP contribution in [0, 0.1) is 5.92 Å². The summed E-state index contributed by atoms with van der Waals surface area (Å²) in [7, 11) is 3.75. The molecule has 0 aliphatic heterocycles. The number of hydrogen-bond donors (Lipinski definition) is 1. The van der Waals surface area contributed by atoms with Gasteiger partial charge in [0.15, 0.2) is 0 Å². The Hall–Kier alpha value is -0.770. The van der Waals surface area contributed by atoms with Crippen LogP contribution in [0.5, 0.6) is 5.75 Å². The van der Waals surface area contributed by atoms with Crippen molar-refractivity contribution in [1.29, 1.82) is 0 Å². The molecule has 3 nitrogen and oxygen atoms in total. The second-order valence-electron chi connectivity index (χ2n) is 4.49. The second-order valence-corrected chi connectivity index (χ2v) is 4.93. The summed E-state index contributed by atoms with van der Waals surface area (Å²) in [6, 6.07) is 5.69. The molecule has 1 atom stereocenters. The molecule has 1 aromatic carbocycles. The highest BCUT2D eigenvalue weighted by Crippen LogP contribution is 2.23. The second kappa shape index (κ2) is 6.84. The molecule has 0 spiro atoms. The van der Waals surface area contributed by atoms with Gasteiger partial charge in [-0.15, -0.1) is 0 Å². The fourth-order valence-electron chi connectivity index (χ4n) is 1.83. The van der Waals surface area contributed by atoms with Crippen molar-refractivity contribution in [1.82, 2.24) is 4.90 Å². The van der Waals surface area contributed by atoms with Crippen molar-refractivity contribution in [3.63, 3.8) is 0 Å². The largest absolute Gasteiger partial charge is 0.496 e. The Labute approximate surface area is 109 Å². The van der Waals surface area contributed by atoms with E-state index in [0.29, 0.717) is 12.5 Å². The van der Waals surface area contributed by atoms with Gasteiger partial charge in [0, 0.05) is 23.7 Å². The molecule has 0 aliphatic carbocycles. The molecule has 0 radical (unpaired) electrons. The molecule has 0 heterocycles. The zero-order valence-corrected chi connectivity index (χ0v) is 11.5. The topological polar surface area (TPSA) is 38.5 Å². The summed E-state index contributed by atoms with van der Waals surface area (Å²) in [6.07, 6.45) is 0. The fraction of sp³-hybridized carbons (Fsp3) is 0.538. The maximum absolute atomic E-state index is 6.00. The van der Waals surface area contributed by atoms with E-state index in [2.05, 4.69) is 18.9 Å². The Morgan fingerprint density at radius 1 is 1.47 bits per heavy atom. The summed E-state index contributed by atoms with van der Waals surface area (Å²) in [6.45, 7) is 4.63. The SMILES string of the molecule is COc1ccc(Cl)cc1CN(C)CC(C)CN. The van der Waals surface area contributed by atoms with Crippen molar-refractivity contribution in [2.75, 3.05) is 27.2 Å². The fourth-order valence-corrected chi connectivity index (χ4v) is 2.03. The molecule has 1 rings (SSSR count). The number of rotatable bonds is 6. The van der Waals surface area contributed by atoms with Crippen LogP contribution in [0.15, 0.2) is 18.2 Å². The number of hydrogen-bond acceptors (Lipinski definition) is 3. The number of nitrogens with two attached hydrogens (primary N) is 1. The Morgan fingerprint density at radius 2 is 2.18 bits per heavy atom. The number of ether oxygens (including phenoxy) is 1. The first-order chi connectivity index (χ1) is 8.06. The molecule has 96 valence electrons. The van der Waals surface area contributed by atoms with E-state index in [1.54, 1.807) is 7.11 Å². The van der Waals surface area contributed by atoms with Crippen molar-refractivity contribution in [2.45, 2.75) is 13.5 Å². The van der Waals surface area contributed by atoms with E-state index >= 15 is 0 Å². The van der Waals surface area contributed by atoms with E-state index in [1.807, 2.05) is 18.2 Å². The molecule has 0 amide bonds. The lowest BCUT2D eigenvalue weighted by atomic mass is 10.1. The van der Waals surface area contributed by atoms with Crippen LogP contribution < -0.4 is 10.5 Å². The van der Waals surface area contributed by atoms with Crippen LogP contribution in [0.1, 0.15) is 12.5 Å². The highest BCUT2D eigenvalue weighted by Gasteiger charge is 2.09. The van der Waals surface area contributed by atoms with Gasteiger partial charge < -0.3 is 15.4 Å². The van der Waals surface area contributed by atoms with Gasteiger partial charge in [-0.1, -0.05) is 18.5 Å². The average molecular weight is 257 g/mol. The van der Waals surface area contributed by atoms with Gasteiger partial charge in [0.25, 0.3) is 0 Å². The molecule has 4 heteroatoms. The van der Waals surface area contributed by atoms with E-state index in [-0.39, 0.29) is 0 Å². The van der Waals surface area contributed by atoms with Gasteiger partial charge in [0.05, 0.1) is 7.11 Å². The van der Waals surface area contributed by atoms with Gasteiger partial charge in [-0.05, 0) is 37.7 Å². The smallest absolute Gasteiger partial charge is 0.123 e. The van der Waals surface area contributed by atoms with Gasteiger partial charge in [-0.25, -0.2) is 0 Å². The average Bonchev–Trinajstić information content (AvgIpc) is 2.29. The Morgan fingerprint density at radius 3 is 2.76 bits per heavy atom. The Bertz CT molecular complexity index is 357. The van der Waals surface area contributed by atoms with Gasteiger partial charge in [0.1, 0.15) is 5.75 Å². The normalized spacial score (nSPS) is 12.8. The van der Waals surface area contributed by atoms with Crippen LogP contribution in [0.25, 0.3) is 0 Å². The van der Waals surface area contributed by atoms with Crippen molar-refractivity contribution >= 4 is 11.6 Å². The summed E-state index contributed by atoms with van der Waals surface area (Å²) in [5.41, 5.74) is 6.72. The van der Waals surface area contributed by atoms with Crippen LogP contribution in [0.4, 0.5) is 0 Å². The summed E-state index contributed by atoms with van der Waals surface area (Å²) in [4.78, 5) is 2.23. The quantitative estimate of drug-likeness (QED) is 0.849. The molecule has 1 unspecified atom stereocenters. The molecule has 1 aromatic rings. The first-order valence-corrected chi connectivity index (χ1v) is 6.15. The minimum atomic E-state index is 0.491. The van der Waals surface area contributed by atoms with Crippen LogP contribution in [-0.2, 0) is 6.54 Å². The summed E-state index contributed by atoms with van der Waals surface area (Å²) < 4.78 is 5.32. The molecule has 0 aromatic heterocycles. The van der Waals surface area contributed by atoms with Crippen molar-refractivity contribution in [2.24, 2.45) is 11.7 Å². The molecule has 0 aliphatic rings. The Kier molecular flexibility index (Phi) is 5.75. The van der Waals surface area contributed by atoms with E-state index in [0.717, 1.165) is 29.4 Å². The molecule has 2 N–H and O–H groups in total. The number of benzene rings is 1. The van der Waals surface area contributed by atoms with Gasteiger partial charge in [-0.2, -0.15) is 0 Å².